The van der Waals surface area contributed by atoms with Gasteiger partial charge in [-0.3, -0.25) is 4.90 Å². The number of rotatable bonds is 6. The van der Waals surface area contributed by atoms with Crippen molar-refractivity contribution in [2.45, 2.75) is 94.7 Å². The molecule has 3 N–H and O–H groups in total. The molecule has 4 atom stereocenters. The number of aromatic hydroxyl groups is 1. The van der Waals surface area contributed by atoms with Crippen molar-refractivity contribution in [2.24, 2.45) is 11.7 Å². The zero-order valence-electron chi connectivity index (χ0n) is 16.2. The first kappa shape index (κ1) is 18.3. The second-order valence-corrected chi connectivity index (χ2v) is 9.19. The highest BCUT2D eigenvalue weighted by molar-refractivity contribution is 5.30. The van der Waals surface area contributed by atoms with E-state index >= 15 is 0 Å². The number of piperidine rings is 1. The van der Waals surface area contributed by atoms with Crippen molar-refractivity contribution >= 4 is 0 Å². The number of phenols is 1. The molecule has 26 heavy (non-hydrogen) atoms. The Morgan fingerprint density at radius 2 is 1.77 bits per heavy atom. The number of nitrogens with zero attached hydrogens (tertiary/aromatic N) is 1. The maximum Gasteiger partial charge on any atom is 0.115 e. The van der Waals surface area contributed by atoms with Gasteiger partial charge >= 0.3 is 0 Å². The van der Waals surface area contributed by atoms with Crippen LogP contribution < -0.4 is 5.73 Å². The predicted octanol–water partition coefficient (Wildman–Crippen LogP) is 4.79. The molecule has 0 aromatic heterocycles. The fourth-order valence-corrected chi connectivity index (χ4v) is 5.91. The number of phenolic OH excluding ortho intramolecular Hbond substituents is 1. The Morgan fingerprint density at radius 1 is 1.04 bits per heavy atom. The lowest BCUT2D eigenvalue weighted by Gasteiger charge is -2.40. The van der Waals surface area contributed by atoms with Crippen LogP contribution in [0.4, 0.5) is 0 Å². The van der Waals surface area contributed by atoms with E-state index in [0.29, 0.717) is 29.8 Å². The summed E-state index contributed by atoms with van der Waals surface area (Å²) in [7, 11) is 0. The van der Waals surface area contributed by atoms with Crippen LogP contribution in [0.2, 0.25) is 0 Å². The smallest absolute Gasteiger partial charge is 0.115 e. The molecule has 3 nitrogen and oxygen atoms in total. The lowest BCUT2D eigenvalue weighted by Crippen LogP contribution is -2.48. The Balaban J connectivity index is 1.29. The van der Waals surface area contributed by atoms with Gasteiger partial charge in [0.15, 0.2) is 0 Å². The van der Waals surface area contributed by atoms with Gasteiger partial charge in [-0.2, -0.15) is 0 Å². The van der Waals surface area contributed by atoms with E-state index in [1.807, 2.05) is 12.1 Å². The Morgan fingerprint density at radius 3 is 2.46 bits per heavy atom. The summed E-state index contributed by atoms with van der Waals surface area (Å²) in [5, 5.41) is 9.80. The van der Waals surface area contributed by atoms with Crippen molar-refractivity contribution in [3.63, 3.8) is 0 Å². The zero-order chi connectivity index (χ0) is 17.9. The fourth-order valence-electron chi connectivity index (χ4n) is 5.91. The Bertz CT molecular complexity index is 569. The summed E-state index contributed by atoms with van der Waals surface area (Å²) < 4.78 is 0. The molecule has 4 rings (SSSR count). The quantitative estimate of drug-likeness (QED) is 0.770. The van der Waals surface area contributed by atoms with Gasteiger partial charge in [0, 0.05) is 24.7 Å². The Labute approximate surface area is 159 Å². The molecule has 0 amide bonds. The van der Waals surface area contributed by atoms with Gasteiger partial charge < -0.3 is 10.8 Å². The fraction of sp³-hybridized carbons (Fsp3) is 0.739. The van der Waals surface area contributed by atoms with Crippen LogP contribution in [-0.2, 0) is 0 Å². The van der Waals surface area contributed by atoms with Crippen LogP contribution >= 0.6 is 0 Å². The summed E-state index contributed by atoms with van der Waals surface area (Å²) in [5.74, 6) is 1.96. The van der Waals surface area contributed by atoms with Crippen LogP contribution in [0.15, 0.2) is 24.3 Å². The van der Waals surface area contributed by atoms with Crippen molar-refractivity contribution < 1.29 is 5.11 Å². The molecular weight excluding hydrogens is 320 g/mol. The van der Waals surface area contributed by atoms with Crippen molar-refractivity contribution in [3.05, 3.63) is 29.8 Å². The van der Waals surface area contributed by atoms with Gasteiger partial charge in [0.1, 0.15) is 5.75 Å². The molecule has 3 fully saturated rings. The first-order valence-corrected chi connectivity index (χ1v) is 11.0. The van der Waals surface area contributed by atoms with Gasteiger partial charge in [0.2, 0.25) is 0 Å². The maximum atomic E-state index is 9.80. The number of fused-ring (bicyclic) bond motifs is 2. The normalized spacial score (nSPS) is 31.2. The van der Waals surface area contributed by atoms with E-state index in [1.54, 1.807) is 6.07 Å². The zero-order valence-corrected chi connectivity index (χ0v) is 16.2. The largest absolute Gasteiger partial charge is 0.508 e. The molecule has 0 radical (unpaired) electrons. The van der Waals surface area contributed by atoms with Crippen LogP contribution in [0, 0.1) is 5.92 Å². The summed E-state index contributed by atoms with van der Waals surface area (Å²) in [5.41, 5.74) is 7.89. The van der Waals surface area contributed by atoms with E-state index in [9.17, 15) is 5.11 Å². The summed E-state index contributed by atoms with van der Waals surface area (Å²) >= 11 is 0. The molecule has 1 saturated carbocycles. The first-order chi connectivity index (χ1) is 12.7. The van der Waals surface area contributed by atoms with Crippen molar-refractivity contribution in [1.82, 2.24) is 4.90 Å². The first-order valence-electron chi connectivity index (χ1n) is 11.0. The highest BCUT2D eigenvalue weighted by Gasteiger charge is 2.41. The molecule has 2 saturated heterocycles. The summed E-state index contributed by atoms with van der Waals surface area (Å²) in [6.07, 6.45) is 14.9. The van der Waals surface area contributed by atoms with Crippen molar-refractivity contribution in [1.29, 1.82) is 0 Å². The van der Waals surface area contributed by atoms with E-state index in [1.165, 1.54) is 76.2 Å². The third kappa shape index (κ3) is 4.26. The third-order valence-electron chi connectivity index (χ3n) is 7.34. The van der Waals surface area contributed by atoms with Crippen LogP contribution in [0.5, 0.6) is 5.75 Å². The topological polar surface area (TPSA) is 49.5 Å². The molecule has 2 heterocycles. The Hall–Kier alpha value is -1.06. The third-order valence-corrected chi connectivity index (χ3v) is 7.34. The molecule has 2 bridgehead atoms. The van der Waals surface area contributed by atoms with Crippen LogP contribution in [-0.4, -0.2) is 34.7 Å². The number of hydrogen-bond acceptors (Lipinski definition) is 3. The monoisotopic (exact) mass is 356 g/mol. The van der Waals surface area contributed by atoms with E-state index in [-0.39, 0.29) is 0 Å². The van der Waals surface area contributed by atoms with E-state index in [0.717, 1.165) is 12.5 Å². The predicted molar refractivity (Wildman–Crippen MR) is 107 cm³/mol. The van der Waals surface area contributed by atoms with Crippen LogP contribution in [0.1, 0.15) is 82.1 Å². The van der Waals surface area contributed by atoms with Gasteiger partial charge in [0.05, 0.1) is 0 Å². The minimum Gasteiger partial charge on any atom is -0.508 e. The summed E-state index contributed by atoms with van der Waals surface area (Å²) in [4.78, 5) is 2.74. The SMILES string of the molecule is NC(CCC1CCCCC1)CN1[C@@H]2CC[C@H]1C[C@@H](c1cccc(O)c1)C2. The van der Waals surface area contributed by atoms with Crippen molar-refractivity contribution in [3.8, 4) is 5.75 Å². The molecule has 1 aromatic rings. The van der Waals surface area contributed by atoms with Crippen LogP contribution in [0.3, 0.4) is 0 Å². The second-order valence-electron chi connectivity index (χ2n) is 9.19. The highest BCUT2D eigenvalue weighted by Crippen LogP contribution is 2.43. The van der Waals surface area contributed by atoms with Crippen LogP contribution in [0.25, 0.3) is 0 Å². The molecule has 1 aromatic carbocycles. The lowest BCUT2D eigenvalue weighted by atomic mass is 9.84. The van der Waals surface area contributed by atoms with Gasteiger partial charge in [-0.1, -0.05) is 44.2 Å². The van der Waals surface area contributed by atoms with Gasteiger partial charge in [-0.15, -0.1) is 0 Å². The van der Waals surface area contributed by atoms with E-state index in [4.69, 9.17) is 5.73 Å². The lowest BCUT2D eigenvalue weighted by molar-refractivity contribution is 0.115. The van der Waals surface area contributed by atoms with Gasteiger partial charge in [-0.25, -0.2) is 0 Å². The molecule has 3 aliphatic rings. The number of hydrogen-bond donors (Lipinski definition) is 2. The summed E-state index contributed by atoms with van der Waals surface area (Å²) in [6, 6.07) is 9.66. The standard InChI is InChI=1S/C23H36N2O/c24-20(10-9-17-5-2-1-3-6-17)16-25-21-11-12-22(25)14-19(13-21)18-7-4-8-23(26)15-18/h4,7-8,15,17,19-22,26H,1-3,5-6,9-14,16,24H2/t19-,20?,21+,22-. The molecular formula is C23H36N2O. The van der Waals surface area contributed by atoms with Gasteiger partial charge in [-0.05, 0) is 68.1 Å². The molecule has 0 spiro atoms. The number of benzene rings is 1. The minimum absolute atomic E-state index is 0.345. The Kier molecular flexibility index (Phi) is 5.85. The van der Waals surface area contributed by atoms with Gasteiger partial charge in [0.25, 0.3) is 0 Å². The minimum atomic E-state index is 0.345. The average molecular weight is 357 g/mol. The second kappa shape index (κ2) is 8.31. The molecule has 1 aliphatic carbocycles. The molecule has 3 heteroatoms. The molecule has 144 valence electrons. The molecule has 2 aliphatic heterocycles. The number of nitrogens with two attached hydrogens (primary N) is 1. The van der Waals surface area contributed by atoms with E-state index < -0.39 is 0 Å². The average Bonchev–Trinajstić information content (AvgIpc) is 2.89. The summed E-state index contributed by atoms with van der Waals surface area (Å²) in [6.45, 7) is 1.09. The maximum absolute atomic E-state index is 9.80. The highest BCUT2D eigenvalue weighted by atomic mass is 16.3. The van der Waals surface area contributed by atoms with E-state index in [2.05, 4.69) is 11.0 Å². The van der Waals surface area contributed by atoms with Crippen molar-refractivity contribution in [2.75, 3.05) is 6.54 Å². The molecule has 1 unspecified atom stereocenters.